The molecule has 2 aromatic carbocycles. The van der Waals surface area contributed by atoms with Crippen LogP contribution in [0, 0.1) is 0 Å². The van der Waals surface area contributed by atoms with Crippen LogP contribution in [0.15, 0.2) is 41.3 Å². The van der Waals surface area contributed by atoms with E-state index in [0.717, 1.165) is 10.8 Å². The Bertz CT molecular complexity index is 680. The van der Waals surface area contributed by atoms with Gasteiger partial charge in [0.1, 0.15) is 0 Å². The fourth-order valence-corrected chi connectivity index (χ4v) is 3.30. The Kier molecular flexibility index (Phi) is 3.61. The lowest BCUT2D eigenvalue weighted by atomic mass is 10.1. The van der Waals surface area contributed by atoms with Gasteiger partial charge in [-0.25, -0.2) is 13.1 Å². The van der Waals surface area contributed by atoms with Crippen molar-refractivity contribution in [3.8, 4) is 0 Å². The zero-order valence-corrected chi connectivity index (χ0v) is 11.7. The first kappa shape index (κ1) is 13.3. The third-order valence-corrected chi connectivity index (χ3v) is 4.49. The van der Waals surface area contributed by atoms with E-state index in [1.165, 1.54) is 0 Å². The maximum Gasteiger partial charge on any atom is 0.240 e. The van der Waals surface area contributed by atoms with Crippen molar-refractivity contribution in [2.45, 2.75) is 24.8 Å². The summed E-state index contributed by atoms with van der Waals surface area (Å²) in [5, 5.41) is 2.28. The summed E-state index contributed by atoms with van der Waals surface area (Å²) >= 11 is 6.04. The highest BCUT2D eigenvalue weighted by Crippen LogP contribution is 2.25. The molecule has 0 aliphatic carbocycles. The van der Waals surface area contributed by atoms with Crippen LogP contribution >= 0.6 is 11.6 Å². The lowest BCUT2D eigenvalue weighted by Crippen LogP contribution is -2.30. The third kappa shape index (κ3) is 2.66. The normalized spacial score (nSPS) is 12.2. The van der Waals surface area contributed by atoms with E-state index < -0.39 is 10.0 Å². The summed E-state index contributed by atoms with van der Waals surface area (Å²) in [5.74, 6) is 0. The first-order chi connectivity index (χ1) is 8.40. The van der Waals surface area contributed by atoms with E-state index >= 15 is 0 Å². The molecule has 0 aliphatic heterocycles. The molecular weight excluding hydrogens is 270 g/mol. The summed E-state index contributed by atoms with van der Waals surface area (Å²) in [7, 11) is -3.46. The molecule has 18 heavy (non-hydrogen) atoms. The number of hydrogen-bond acceptors (Lipinski definition) is 2. The fraction of sp³-hybridized carbons (Fsp3) is 0.231. The maximum absolute atomic E-state index is 12.0. The number of halogens is 1. The van der Waals surface area contributed by atoms with Crippen molar-refractivity contribution in [1.82, 2.24) is 4.72 Å². The number of hydrogen-bond donors (Lipinski definition) is 1. The molecule has 0 saturated heterocycles. The maximum atomic E-state index is 12.0. The van der Waals surface area contributed by atoms with Gasteiger partial charge in [0.05, 0.1) is 4.90 Å². The van der Waals surface area contributed by atoms with E-state index in [4.69, 9.17) is 11.6 Å². The Balaban J connectivity index is 2.55. The molecule has 0 aromatic heterocycles. The number of rotatable bonds is 3. The fourth-order valence-electron chi connectivity index (χ4n) is 1.77. The number of sulfonamides is 1. The van der Waals surface area contributed by atoms with Gasteiger partial charge in [-0.1, -0.05) is 29.8 Å². The monoisotopic (exact) mass is 283 g/mol. The van der Waals surface area contributed by atoms with Crippen molar-refractivity contribution in [3.63, 3.8) is 0 Å². The molecule has 0 spiro atoms. The van der Waals surface area contributed by atoms with E-state index in [9.17, 15) is 8.42 Å². The first-order valence-electron chi connectivity index (χ1n) is 5.61. The highest BCUT2D eigenvalue weighted by molar-refractivity contribution is 7.89. The average Bonchev–Trinajstić information content (AvgIpc) is 2.27. The van der Waals surface area contributed by atoms with Gasteiger partial charge in [0.25, 0.3) is 0 Å². The number of nitrogens with one attached hydrogen (secondary N) is 1. The number of fused-ring (bicyclic) bond motifs is 1. The molecule has 96 valence electrons. The minimum absolute atomic E-state index is 0.134. The Morgan fingerprint density at radius 2 is 1.89 bits per heavy atom. The van der Waals surface area contributed by atoms with E-state index in [1.807, 2.05) is 6.07 Å². The van der Waals surface area contributed by atoms with Crippen molar-refractivity contribution < 1.29 is 8.42 Å². The SMILES string of the molecule is CC(C)NS(=O)(=O)c1ccc2c(Cl)cccc2c1. The van der Waals surface area contributed by atoms with Gasteiger partial charge in [-0.3, -0.25) is 0 Å². The van der Waals surface area contributed by atoms with Gasteiger partial charge in [0.2, 0.25) is 10.0 Å². The second-order valence-corrected chi connectivity index (χ2v) is 6.52. The van der Waals surface area contributed by atoms with Crippen LogP contribution in [0.5, 0.6) is 0 Å². The summed E-state index contributed by atoms with van der Waals surface area (Å²) in [6.07, 6.45) is 0. The van der Waals surface area contributed by atoms with Crippen LogP contribution in [0.2, 0.25) is 5.02 Å². The van der Waals surface area contributed by atoms with Gasteiger partial charge in [0.15, 0.2) is 0 Å². The topological polar surface area (TPSA) is 46.2 Å². The van der Waals surface area contributed by atoms with Crippen LogP contribution in [0.1, 0.15) is 13.8 Å². The predicted octanol–water partition coefficient (Wildman–Crippen LogP) is 3.18. The van der Waals surface area contributed by atoms with Crippen molar-refractivity contribution in [1.29, 1.82) is 0 Å². The summed E-state index contributed by atoms with van der Waals surface area (Å²) < 4.78 is 26.6. The summed E-state index contributed by atoms with van der Waals surface area (Å²) in [5.41, 5.74) is 0. The Morgan fingerprint density at radius 3 is 2.56 bits per heavy atom. The van der Waals surface area contributed by atoms with Crippen molar-refractivity contribution in [2.24, 2.45) is 0 Å². The molecule has 0 unspecified atom stereocenters. The second-order valence-electron chi connectivity index (χ2n) is 4.40. The van der Waals surface area contributed by atoms with Gasteiger partial charge >= 0.3 is 0 Å². The largest absolute Gasteiger partial charge is 0.240 e. The van der Waals surface area contributed by atoms with E-state index in [2.05, 4.69) is 4.72 Å². The predicted molar refractivity (Wildman–Crippen MR) is 74.4 cm³/mol. The zero-order valence-electron chi connectivity index (χ0n) is 10.1. The molecule has 0 heterocycles. The molecular formula is C13H14ClNO2S. The van der Waals surface area contributed by atoms with Gasteiger partial charge in [-0.15, -0.1) is 0 Å². The van der Waals surface area contributed by atoms with Gasteiger partial charge in [-0.05, 0) is 37.4 Å². The molecule has 0 radical (unpaired) electrons. The third-order valence-electron chi connectivity index (χ3n) is 2.50. The Hall–Kier alpha value is -1.10. The molecule has 0 aliphatic rings. The highest BCUT2D eigenvalue weighted by atomic mass is 35.5. The highest BCUT2D eigenvalue weighted by Gasteiger charge is 2.15. The molecule has 3 nitrogen and oxygen atoms in total. The summed E-state index contributed by atoms with van der Waals surface area (Å²) in [6, 6.07) is 10.2. The first-order valence-corrected chi connectivity index (χ1v) is 7.47. The molecule has 2 aromatic rings. The van der Waals surface area contributed by atoms with Gasteiger partial charge in [-0.2, -0.15) is 0 Å². The van der Waals surface area contributed by atoms with Crippen LogP contribution in [0.3, 0.4) is 0 Å². The lowest BCUT2D eigenvalue weighted by molar-refractivity contribution is 0.570. The van der Waals surface area contributed by atoms with Crippen molar-refractivity contribution in [3.05, 3.63) is 41.4 Å². The van der Waals surface area contributed by atoms with Crippen LogP contribution < -0.4 is 4.72 Å². The standard InChI is InChI=1S/C13H14ClNO2S/c1-9(2)15-18(16,17)11-6-7-12-10(8-11)4-3-5-13(12)14/h3-9,15H,1-2H3. The minimum Gasteiger partial charge on any atom is -0.209 e. The molecule has 0 saturated carbocycles. The van der Waals surface area contributed by atoms with Crippen LogP contribution in [-0.4, -0.2) is 14.5 Å². The van der Waals surface area contributed by atoms with Crippen molar-refractivity contribution >= 4 is 32.4 Å². The lowest BCUT2D eigenvalue weighted by Gasteiger charge is -2.10. The van der Waals surface area contributed by atoms with Crippen LogP contribution in [0.4, 0.5) is 0 Å². The van der Waals surface area contributed by atoms with E-state index in [0.29, 0.717) is 5.02 Å². The smallest absolute Gasteiger partial charge is 0.209 e. The molecule has 0 fully saturated rings. The zero-order chi connectivity index (χ0) is 13.3. The minimum atomic E-state index is -3.46. The van der Waals surface area contributed by atoms with Gasteiger partial charge in [0, 0.05) is 16.5 Å². The molecule has 2 rings (SSSR count). The van der Waals surface area contributed by atoms with Crippen molar-refractivity contribution in [2.75, 3.05) is 0 Å². The van der Waals surface area contributed by atoms with Crippen LogP contribution in [-0.2, 0) is 10.0 Å². The molecule has 5 heteroatoms. The summed E-state index contributed by atoms with van der Waals surface area (Å²) in [6.45, 7) is 3.57. The molecule has 0 atom stereocenters. The Labute approximate surface area is 112 Å². The Morgan fingerprint density at radius 1 is 1.17 bits per heavy atom. The molecule has 1 N–H and O–H groups in total. The molecule has 0 amide bonds. The number of benzene rings is 2. The summed E-state index contributed by atoms with van der Waals surface area (Å²) in [4.78, 5) is 0.256. The van der Waals surface area contributed by atoms with E-state index in [-0.39, 0.29) is 10.9 Å². The van der Waals surface area contributed by atoms with Crippen LogP contribution in [0.25, 0.3) is 10.8 Å². The molecule has 0 bridgehead atoms. The van der Waals surface area contributed by atoms with E-state index in [1.54, 1.807) is 44.2 Å². The average molecular weight is 284 g/mol. The second kappa shape index (κ2) is 4.88. The van der Waals surface area contributed by atoms with Gasteiger partial charge < -0.3 is 0 Å². The quantitative estimate of drug-likeness (QED) is 0.940.